The Bertz CT molecular complexity index is 361. The average Bonchev–Trinajstić information content (AvgIpc) is 2.25. The fraction of sp³-hybridized carbons (Fsp3) is 0.462. The number of hydrogen-bond acceptors (Lipinski definition) is 2. The van der Waals surface area contributed by atoms with Crippen molar-refractivity contribution in [3.05, 3.63) is 35.4 Å². The molecule has 0 unspecified atom stereocenters. The average molecular weight is 236 g/mol. The Labute approximate surface area is 102 Å². The summed E-state index contributed by atoms with van der Waals surface area (Å²) in [6, 6.07) is 8.71. The zero-order valence-corrected chi connectivity index (χ0v) is 11.3. The van der Waals surface area contributed by atoms with Crippen LogP contribution in [0.25, 0.3) is 0 Å². The molecule has 2 N–H and O–H groups in total. The summed E-state index contributed by atoms with van der Waals surface area (Å²) in [6.07, 6.45) is 0. The topological polar surface area (TPSA) is 38.4 Å². The molecule has 0 aliphatic heterocycles. The van der Waals surface area contributed by atoms with Gasteiger partial charge in [-0.2, -0.15) is 0 Å². The molecule has 0 spiro atoms. The van der Waals surface area contributed by atoms with E-state index in [-0.39, 0.29) is 5.41 Å². The van der Waals surface area contributed by atoms with Crippen LogP contribution in [0.15, 0.2) is 29.3 Å². The van der Waals surface area contributed by atoms with Crippen LogP contribution < -0.4 is 5.73 Å². The molecule has 3 heteroatoms. The maximum Gasteiger partial charge on any atom is 0.153 e. The van der Waals surface area contributed by atoms with E-state index in [4.69, 9.17) is 5.73 Å². The second-order valence-electron chi connectivity index (χ2n) is 4.80. The van der Waals surface area contributed by atoms with Crippen molar-refractivity contribution < 1.29 is 0 Å². The van der Waals surface area contributed by atoms with E-state index in [1.165, 1.54) is 11.1 Å². The van der Waals surface area contributed by atoms with E-state index < -0.39 is 0 Å². The highest BCUT2D eigenvalue weighted by molar-refractivity contribution is 8.13. The third-order valence-corrected chi connectivity index (χ3v) is 3.38. The lowest BCUT2D eigenvalue weighted by Gasteiger charge is -2.19. The number of nitrogens with two attached hydrogens (primary N) is 1. The lowest BCUT2D eigenvalue weighted by molar-refractivity contribution is 0.590. The molecule has 88 valence electrons. The molecule has 0 saturated heterocycles. The third-order valence-electron chi connectivity index (χ3n) is 2.43. The van der Waals surface area contributed by atoms with Gasteiger partial charge in [-0.3, -0.25) is 4.99 Å². The van der Waals surface area contributed by atoms with Gasteiger partial charge >= 0.3 is 0 Å². The van der Waals surface area contributed by atoms with Gasteiger partial charge in [0.2, 0.25) is 0 Å². The first-order chi connectivity index (χ1) is 7.43. The SMILES string of the molecule is CN=C(N)SCc1ccc(C(C)(C)C)cc1. The smallest absolute Gasteiger partial charge is 0.153 e. The summed E-state index contributed by atoms with van der Waals surface area (Å²) in [5, 5.41) is 0.639. The van der Waals surface area contributed by atoms with Gasteiger partial charge in [-0.1, -0.05) is 56.8 Å². The van der Waals surface area contributed by atoms with Crippen molar-refractivity contribution in [3.8, 4) is 0 Å². The lowest BCUT2D eigenvalue weighted by Crippen LogP contribution is -2.10. The monoisotopic (exact) mass is 236 g/mol. The molecule has 0 fully saturated rings. The van der Waals surface area contributed by atoms with Crippen molar-refractivity contribution in [1.82, 2.24) is 0 Å². The van der Waals surface area contributed by atoms with Crippen molar-refractivity contribution in [2.45, 2.75) is 31.9 Å². The molecule has 0 atom stereocenters. The van der Waals surface area contributed by atoms with E-state index in [0.29, 0.717) is 5.17 Å². The van der Waals surface area contributed by atoms with Crippen LogP contribution >= 0.6 is 11.8 Å². The standard InChI is InChI=1S/C13H20N2S/c1-13(2,3)11-7-5-10(6-8-11)9-16-12(14)15-4/h5-8H,9H2,1-4H3,(H2,14,15). The second kappa shape index (κ2) is 5.39. The molecular formula is C13H20N2S. The van der Waals surface area contributed by atoms with Gasteiger partial charge in [-0.05, 0) is 16.5 Å². The van der Waals surface area contributed by atoms with E-state index in [0.717, 1.165) is 5.75 Å². The fourth-order valence-electron chi connectivity index (χ4n) is 1.32. The Morgan fingerprint density at radius 1 is 1.25 bits per heavy atom. The first-order valence-corrected chi connectivity index (χ1v) is 6.36. The summed E-state index contributed by atoms with van der Waals surface area (Å²) in [5.41, 5.74) is 8.49. The highest BCUT2D eigenvalue weighted by Crippen LogP contribution is 2.23. The van der Waals surface area contributed by atoms with Gasteiger partial charge in [0, 0.05) is 12.8 Å². The Kier molecular flexibility index (Phi) is 4.42. The first kappa shape index (κ1) is 13.1. The summed E-state index contributed by atoms with van der Waals surface area (Å²) in [4.78, 5) is 3.92. The van der Waals surface area contributed by atoms with Crippen molar-refractivity contribution in [1.29, 1.82) is 0 Å². The van der Waals surface area contributed by atoms with Gasteiger partial charge in [0.25, 0.3) is 0 Å². The molecule has 0 bridgehead atoms. The van der Waals surface area contributed by atoms with Crippen molar-refractivity contribution >= 4 is 16.9 Å². The molecular weight excluding hydrogens is 216 g/mol. The minimum atomic E-state index is 0.218. The largest absolute Gasteiger partial charge is 0.379 e. The minimum absolute atomic E-state index is 0.218. The van der Waals surface area contributed by atoms with Crippen molar-refractivity contribution in [3.63, 3.8) is 0 Å². The highest BCUT2D eigenvalue weighted by atomic mass is 32.2. The molecule has 16 heavy (non-hydrogen) atoms. The van der Waals surface area contributed by atoms with E-state index >= 15 is 0 Å². The van der Waals surface area contributed by atoms with Gasteiger partial charge in [-0.25, -0.2) is 0 Å². The van der Waals surface area contributed by atoms with Crippen LogP contribution in [0.4, 0.5) is 0 Å². The van der Waals surface area contributed by atoms with Crippen molar-refractivity contribution in [2.24, 2.45) is 10.7 Å². The van der Waals surface area contributed by atoms with Crippen molar-refractivity contribution in [2.75, 3.05) is 7.05 Å². The summed E-state index contributed by atoms with van der Waals surface area (Å²) in [5.74, 6) is 0.883. The highest BCUT2D eigenvalue weighted by Gasteiger charge is 2.12. The van der Waals surface area contributed by atoms with Crippen LogP contribution in [-0.4, -0.2) is 12.2 Å². The molecule has 1 aromatic rings. The first-order valence-electron chi connectivity index (χ1n) is 5.38. The zero-order valence-electron chi connectivity index (χ0n) is 10.4. The van der Waals surface area contributed by atoms with Crippen LogP contribution in [-0.2, 0) is 11.2 Å². The number of nitrogens with zero attached hydrogens (tertiary/aromatic N) is 1. The van der Waals surface area contributed by atoms with Gasteiger partial charge in [0.05, 0.1) is 0 Å². The number of amidine groups is 1. The molecule has 0 aliphatic rings. The van der Waals surface area contributed by atoms with Gasteiger partial charge < -0.3 is 5.73 Å². The van der Waals surface area contributed by atoms with E-state index in [1.54, 1.807) is 18.8 Å². The molecule has 1 rings (SSSR count). The Morgan fingerprint density at radius 2 is 1.81 bits per heavy atom. The van der Waals surface area contributed by atoms with E-state index in [2.05, 4.69) is 50.0 Å². The minimum Gasteiger partial charge on any atom is -0.379 e. The predicted octanol–water partition coefficient (Wildman–Crippen LogP) is 3.16. The quantitative estimate of drug-likeness (QED) is 0.633. The number of rotatable bonds is 2. The molecule has 2 nitrogen and oxygen atoms in total. The number of benzene rings is 1. The number of thioether (sulfide) groups is 1. The summed E-state index contributed by atoms with van der Waals surface area (Å²) in [6.45, 7) is 6.66. The Morgan fingerprint density at radius 3 is 2.25 bits per heavy atom. The fourth-order valence-corrected chi connectivity index (χ4v) is 1.96. The normalized spacial score (nSPS) is 12.9. The van der Waals surface area contributed by atoms with E-state index in [9.17, 15) is 0 Å². The summed E-state index contributed by atoms with van der Waals surface area (Å²) in [7, 11) is 1.71. The third kappa shape index (κ3) is 3.89. The lowest BCUT2D eigenvalue weighted by atomic mass is 9.87. The molecule has 0 radical (unpaired) electrons. The summed E-state index contributed by atoms with van der Waals surface area (Å²) >= 11 is 1.57. The Balaban J connectivity index is 2.65. The molecule has 1 aromatic carbocycles. The van der Waals surface area contributed by atoms with Crippen LogP contribution in [0.1, 0.15) is 31.9 Å². The molecule has 0 aliphatic carbocycles. The zero-order chi connectivity index (χ0) is 12.2. The van der Waals surface area contributed by atoms with Crippen LogP contribution in [0, 0.1) is 0 Å². The molecule has 0 heterocycles. The molecule has 0 aromatic heterocycles. The van der Waals surface area contributed by atoms with Crippen LogP contribution in [0.2, 0.25) is 0 Å². The predicted molar refractivity (Wildman–Crippen MR) is 74.0 cm³/mol. The van der Waals surface area contributed by atoms with Crippen LogP contribution in [0.3, 0.4) is 0 Å². The van der Waals surface area contributed by atoms with Gasteiger partial charge in [0.1, 0.15) is 0 Å². The van der Waals surface area contributed by atoms with Gasteiger partial charge in [0.15, 0.2) is 5.17 Å². The molecule has 0 saturated carbocycles. The maximum atomic E-state index is 5.63. The summed E-state index contributed by atoms with van der Waals surface area (Å²) < 4.78 is 0. The number of hydrogen-bond donors (Lipinski definition) is 1. The van der Waals surface area contributed by atoms with Crippen LogP contribution in [0.5, 0.6) is 0 Å². The van der Waals surface area contributed by atoms with E-state index in [1.807, 2.05) is 0 Å². The number of aliphatic imine (C=N–C) groups is 1. The maximum absolute atomic E-state index is 5.63. The Hall–Kier alpha value is -0.960. The van der Waals surface area contributed by atoms with Gasteiger partial charge in [-0.15, -0.1) is 0 Å². The molecule has 0 amide bonds. The second-order valence-corrected chi connectivity index (χ2v) is 5.79.